The zero-order chi connectivity index (χ0) is 14.9. The second-order valence-corrected chi connectivity index (χ2v) is 5.77. The Morgan fingerprint density at radius 1 is 0.727 bits per heavy atom. The fraction of sp³-hybridized carbons (Fsp3) is 0.0952. The average Bonchev–Trinajstić information content (AvgIpc) is 2.96. The number of fused-ring (bicyclic) bond motifs is 1. The zero-order valence-electron chi connectivity index (χ0n) is 12.5. The maximum absolute atomic E-state index is 4.93. The van der Waals surface area contributed by atoms with Gasteiger partial charge in [-0.25, -0.2) is 0 Å². The lowest BCUT2D eigenvalue weighted by molar-refractivity contribution is 1.11. The molecule has 1 nitrogen and oxygen atoms in total. The Kier molecular flexibility index (Phi) is 3.12. The minimum atomic E-state index is 0.222. The molecule has 0 aromatic heterocycles. The normalized spacial score (nSPS) is 16.2. The summed E-state index contributed by atoms with van der Waals surface area (Å²) in [6.45, 7) is 2.11. The quantitative estimate of drug-likeness (QED) is 0.608. The summed E-state index contributed by atoms with van der Waals surface area (Å²) in [5, 5.41) is 0. The van der Waals surface area contributed by atoms with Gasteiger partial charge in [0, 0.05) is 0 Å². The van der Waals surface area contributed by atoms with E-state index in [2.05, 4.69) is 85.8 Å². The summed E-state index contributed by atoms with van der Waals surface area (Å²) in [7, 11) is 0. The van der Waals surface area contributed by atoms with Crippen LogP contribution in [0.1, 0.15) is 28.2 Å². The summed E-state index contributed by atoms with van der Waals surface area (Å²) in [6.07, 6.45) is 0. The molecular weight excluding hydrogens is 266 g/mol. The van der Waals surface area contributed by atoms with Crippen LogP contribution in [0, 0.1) is 6.92 Å². The second kappa shape index (κ2) is 5.27. The first-order valence-electron chi connectivity index (χ1n) is 7.62. The summed E-state index contributed by atoms with van der Waals surface area (Å²) < 4.78 is 0. The molecule has 1 aliphatic rings. The van der Waals surface area contributed by atoms with Crippen molar-refractivity contribution in [3.05, 3.63) is 101 Å². The topological polar surface area (TPSA) is 12.4 Å². The number of aryl methyl sites for hydroxylation is 1. The summed E-state index contributed by atoms with van der Waals surface area (Å²) in [5.74, 6) is 0.222. The number of benzene rings is 3. The van der Waals surface area contributed by atoms with Gasteiger partial charge in [-0.15, -0.1) is 0 Å². The molecule has 0 spiro atoms. The smallest absolute Gasteiger partial charge is 0.0675 e. The highest BCUT2D eigenvalue weighted by Crippen LogP contribution is 2.41. The monoisotopic (exact) mass is 283 g/mol. The predicted octanol–water partition coefficient (Wildman–Crippen LogP) is 5.26. The van der Waals surface area contributed by atoms with Crippen molar-refractivity contribution in [2.24, 2.45) is 4.99 Å². The molecule has 1 aliphatic heterocycles. The fourth-order valence-electron chi connectivity index (χ4n) is 3.11. The number of rotatable bonds is 2. The van der Waals surface area contributed by atoms with Gasteiger partial charge in [0.1, 0.15) is 0 Å². The van der Waals surface area contributed by atoms with Gasteiger partial charge in [-0.2, -0.15) is 0 Å². The van der Waals surface area contributed by atoms with Crippen molar-refractivity contribution < 1.29 is 0 Å². The Balaban J connectivity index is 1.88. The molecule has 22 heavy (non-hydrogen) atoms. The summed E-state index contributed by atoms with van der Waals surface area (Å²) in [6, 6.07) is 27.8. The van der Waals surface area contributed by atoms with Gasteiger partial charge in [0.2, 0.25) is 0 Å². The van der Waals surface area contributed by atoms with Crippen LogP contribution in [0.3, 0.4) is 0 Å². The Hall–Kier alpha value is -2.67. The van der Waals surface area contributed by atoms with E-state index in [0.717, 1.165) is 11.4 Å². The summed E-state index contributed by atoms with van der Waals surface area (Å²) in [5.41, 5.74) is 7.31. The van der Waals surface area contributed by atoms with Crippen LogP contribution in [-0.2, 0) is 0 Å². The van der Waals surface area contributed by atoms with E-state index in [0.29, 0.717) is 0 Å². The van der Waals surface area contributed by atoms with E-state index in [9.17, 15) is 0 Å². The molecule has 0 radical (unpaired) electrons. The Morgan fingerprint density at radius 3 is 2.18 bits per heavy atom. The molecule has 0 saturated carbocycles. The first kappa shape index (κ1) is 13.0. The van der Waals surface area contributed by atoms with Gasteiger partial charge in [-0.1, -0.05) is 78.4 Å². The van der Waals surface area contributed by atoms with Crippen molar-refractivity contribution >= 4 is 11.4 Å². The molecule has 1 heteroatoms. The van der Waals surface area contributed by atoms with Crippen LogP contribution < -0.4 is 0 Å². The molecule has 4 rings (SSSR count). The van der Waals surface area contributed by atoms with Crippen LogP contribution in [0.4, 0.5) is 5.69 Å². The van der Waals surface area contributed by atoms with Crippen molar-refractivity contribution in [3.8, 4) is 0 Å². The average molecular weight is 283 g/mol. The molecule has 0 amide bonds. The van der Waals surface area contributed by atoms with Crippen LogP contribution in [-0.4, -0.2) is 5.71 Å². The molecule has 106 valence electrons. The van der Waals surface area contributed by atoms with Crippen molar-refractivity contribution in [2.75, 3.05) is 0 Å². The molecule has 3 aromatic carbocycles. The Morgan fingerprint density at radius 2 is 1.41 bits per heavy atom. The molecule has 0 bridgehead atoms. The highest BCUT2D eigenvalue weighted by atomic mass is 14.8. The van der Waals surface area contributed by atoms with Gasteiger partial charge < -0.3 is 0 Å². The second-order valence-electron chi connectivity index (χ2n) is 5.77. The van der Waals surface area contributed by atoms with Gasteiger partial charge in [-0.3, -0.25) is 4.99 Å². The largest absolute Gasteiger partial charge is 0.252 e. The SMILES string of the molecule is Cc1ccc(C2=Nc3ccccc3C2c2ccccc2)cc1. The van der Waals surface area contributed by atoms with Gasteiger partial charge >= 0.3 is 0 Å². The van der Waals surface area contributed by atoms with E-state index in [4.69, 9.17) is 4.99 Å². The van der Waals surface area contributed by atoms with E-state index in [1.165, 1.54) is 22.3 Å². The maximum atomic E-state index is 4.93. The maximum Gasteiger partial charge on any atom is 0.0675 e. The molecule has 3 aromatic rings. The van der Waals surface area contributed by atoms with Gasteiger partial charge in [0.05, 0.1) is 17.3 Å². The molecule has 0 fully saturated rings. The minimum Gasteiger partial charge on any atom is -0.252 e. The lowest BCUT2D eigenvalue weighted by Crippen LogP contribution is -2.11. The molecule has 0 N–H and O–H groups in total. The third-order valence-corrected chi connectivity index (χ3v) is 4.24. The number of nitrogens with zero attached hydrogens (tertiary/aromatic N) is 1. The molecule has 0 saturated heterocycles. The highest BCUT2D eigenvalue weighted by Gasteiger charge is 2.29. The minimum absolute atomic E-state index is 0.222. The molecule has 1 heterocycles. The van der Waals surface area contributed by atoms with Crippen LogP contribution in [0.15, 0.2) is 83.9 Å². The van der Waals surface area contributed by atoms with Crippen LogP contribution >= 0.6 is 0 Å². The summed E-state index contributed by atoms with van der Waals surface area (Å²) in [4.78, 5) is 4.93. The number of aliphatic imine (C=N–C) groups is 1. The van der Waals surface area contributed by atoms with E-state index in [1.54, 1.807) is 0 Å². The van der Waals surface area contributed by atoms with Gasteiger partial charge in [-0.05, 0) is 29.7 Å². The van der Waals surface area contributed by atoms with E-state index < -0.39 is 0 Å². The van der Waals surface area contributed by atoms with Crippen LogP contribution in [0.25, 0.3) is 0 Å². The number of hydrogen-bond acceptors (Lipinski definition) is 1. The zero-order valence-corrected chi connectivity index (χ0v) is 12.5. The fourth-order valence-corrected chi connectivity index (χ4v) is 3.11. The van der Waals surface area contributed by atoms with Crippen molar-refractivity contribution in [1.82, 2.24) is 0 Å². The number of para-hydroxylation sites is 1. The molecular formula is C21H17N. The van der Waals surface area contributed by atoms with Crippen molar-refractivity contribution in [3.63, 3.8) is 0 Å². The van der Waals surface area contributed by atoms with Crippen molar-refractivity contribution in [2.45, 2.75) is 12.8 Å². The summed E-state index contributed by atoms with van der Waals surface area (Å²) >= 11 is 0. The Labute approximate surface area is 131 Å². The van der Waals surface area contributed by atoms with Gasteiger partial charge in [0.25, 0.3) is 0 Å². The predicted molar refractivity (Wildman–Crippen MR) is 92.1 cm³/mol. The van der Waals surface area contributed by atoms with E-state index >= 15 is 0 Å². The van der Waals surface area contributed by atoms with Crippen LogP contribution in [0.5, 0.6) is 0 Å². The van der Waals surface area contributed by atoms with E-state index in [-0.39, 0.29) is 5.92 Å². The third-order valence-electron chi connectivity index (χ3n) is 4.24. The highest BCUT2D eigenvalue weighted by molar-refractivity contribution is 6.11. The van der Waals surface area contributed by atoms with Gasteiger partial charge in [0.15, 0.2) is 0 Å². The number of hydrogen-bond donors (Lipinski definition) is 0. The standard InChI is InChI=1S/C21H17N/c1-15-11-13-17(14-12-15)21-20(16-7-3-2-4-8-16)18-9-5-6-10-19(18)22-21/h2-14,20H,1H3. The van der Waals surface area contributed by atoms with Crippen molar-refractivity contribution in [1.29, 1.82) is 0 Å². The first-order valence-corrected chi connectivity index (χ1v) is 7.62. The van der Waals surface area contributed by atoms with E-state index in [1.807, 2.05) is 0 Å². The lowest BCUT2D eigenvalue weighted by Gasteiger charge is -2.15. The van der Waals surface area contributed by atoms with Crippen LogP contribution in [0.2, 0.25) is 0 Å². The first-order chi connectivity index (χ1) is 10.8. The molecule has 1 atom stereocenters. The third kappa shape index (κ3) is 2.15. The Bertz CT molecular complexity index is 829. The molecule has 0 aliphatic carbocycles. The molecule has 1 unspecified atom stereocenters. The lowest BCUT2D eigenvalue weighted by atomic mass is 9.86.